The molecular formula is C31H27Cl2F3N4O4. The molecule has 3 aromatic carbocycles. The summed E-state index contributed by atoms with van der Waals surface area (Å²) in [6, 6.07) is 14.4. The number of anilines is 1. The van der Waals surface area contributed by atoms with Crippen LogP contribution in [0.25, 0.3) is 11.3 Å². The highest BCUT2D eigenvalue weighted by Gasteiger charge is 2.34. The van der Waals surface area contributed by atoms with Crippen molar-refractivity contribution in [2.45, 2.75) is 26.1 Å². The van der Waals surface area contributed by atoms with E-state index >= 15 is 0 Å². The SMILES string of the molecule is CCOC(=O)CCN(C)Cc1cccc(C(=O)Nc2ccc(Cl)cc2C(=O)c2c[nH]nc2-c2ccc(Cl)c(C(F)(F)F)c2)c1. The normalized spacial score (nSPS) is 11.5. The van der Waals surface area contributed by atoms with E-state index in [0.29, 0.717) is 25.3 Å². The molecule has 230 valence electrons. The monoisotopic (exact) mass is 646 g/mol. The van der Waals surface area contributed by atoms with Crippen molar-refractivity contribution in [3.05, 3.63) is 105 Å². The first kappa shape index (κ1) is 32.7. The number of nitrogens with zero attached hydrogens (tertiary/aromatic N) is 2. The number of carbonyl (C=O) groups is 3. The molecular weight excluding hydrogens is 620 g/mol. The Morgan fingerprint density at radius 2 is 1.80 bits per heavy atom. The second-order valence-electron chi connectivity index (χ2n) is 9.81. The van der Waals surface area contributed by atoms with Gasteiger partial charge in [0.1, 0.15) is 5.69 Å². The van der Waals surface area contributed by atoms with Gasteiger partial charge in [0.25, 0.3) is 5.91 Å². The van der Waals surface area contributed by atoms with E-state index in [4.69, 9.17) is 27.9 Å². The number of ketones is 1. The number of ether oxygens (including phenoxy) is 1. The Bertz CT molecular complexity index is 1690. The largest absolute Gasteiger partial charge is 0.466 e. The lowest BCUT2D eigenvalue weighted by atomic mass is 9.98. The molecule has 0 aliphatic heterocycles. The fourth-order valence-electron chi connectivity index (χ4n) is 4.44. The summed E-state index contributed by atoms with van der Waals surface area (Å²) < 4.78 is 45.4. The van der Waals surface area contributed by atoms with Gasteiger partial charge in [0.2, 0.25) is 0 Å². The minimum absolute atomic E-state index is 0.00774. The maximum atomic E-state index is 13.7. The van der Waals surface area contributed by atoms with Crippen LogP contribution in [-0.4, -0.2) is 53.0 Å². The maximum absolute atomic E-state index is 13.7. The van der Waals surface area contributed by atoms with Gasteiger partial charge in [-0.2, -0.15) is 18.3 Å². The first-order chi connectivity index (χ1) is 20.9. The highest BCUT2D eigenvalue weighted by molar-refractivity contribution is 6.32. The van der Waals surface area contributed by atoms with Crippen LogP contribution in [0.1, 0.15) is 50.8 Å². The Labute approximate surface area is 261 Å². The number of carbonyl (C=O) groups excluding carboxylic acids is 3. The number of aromatic amines is 1. The summed E-state index contributed by atoms with van der Waals surface area (Å²) in [5, 5.41) is 8.99. The number of H-pyrrole nitrogens is 1. The van der Waals surface area contributed by atoms with E-state index in [1.54, 1.807) is 25.1 Å². The first-order valence-corrected chi connectivity index (χ1v) is 14.1. The molecule has 0 saturated carbocycles. The molecule has 1 amide bonds. The van der Waals surface area contributed by atoms with E-state index in [2.05, 4.69) is 15.5 Å². The summed E-state index contributed by atoms with van der Waals surface area (Å²) in [7, 11) is 1.84. The van der Waals surface area contributed by atoms with Gasteiger partial charge < -0.3 is 15.0 Å². The summed E-state index contributed by atoms with van der Waals surface area (Å²) in [5.74, 6) is -1.42. The third kappa shape index (κ3) is 8.04. The highest BCUT2D eigenvalue weighted by Crippen LogP contribution is 2.38. The average Bonchev–Trinajstić information content (AvgIpc) is 3.46. The van der Waals surface area contributed by atoms with Crippen molar-refractivity contribution in [1.82, 2.24) is 15.1 Å². The number of halogens is 5. The predicted molar refractivity (Wildman–Crippen MR) is 161 cm³/mol. The van der Waals surface area contributed by atoms with E-state index in [1.165, 1.54) is 30.5 Å². The molecule has 8 nitrogen and oxygen atoms in total. The Morgan fingerprint density at radius 3 is 2.52 bits per heavy atom. The van der Waals surface area contributed by atoms with Crippen LogP contribution in [0.15, 0.2) is 66.9 Å². The molecule has 1 aromatic heterocycles. The van der Waals surface area contributed by atoms with Crippen LogP contribution < -0.4 is 5.32 Å². The molecule has 0 radical (unpaired) electrons. The summed E-state index contributed by atoms with van der Waals surface area (Å²) in [6.45, 7) is 2.99. The Hall–Kier alpha value is -4.19. The molecule has 1 heterocycles. The highest BCUT2D eigenvalue weighted by atomic mass is 35.5. The molecule has 44 heavy (non-hydrogen) atoms. The fourth-order valence-corrected chi connectivity index (χ4v) is 4.84. The van der Waals surface area contributed by atoms with Crippen LogP contribution in [0.4, 0.5) is 18.9 Å². The lowest BCUT2D eigenvalue weighted by Crippen LogP contribution is -2.22. The number of amides is 1. The van der Waals surface area contributed by atoms with Gasteiger partial charge in [0.15, 0.2) is 5.78 Å². The third-order valence-electron chi connectivity index (χ3n) is 6.55. The number of benzene rings is 3. The second kappa shape index (κ2) is 14.1. The van der Waals surface area contributed by atoms with Crippen LogP contribution in [0, 0.1) is 0 Å². The first-order valence-electron chi connectivity index (χ1n) is 13.4. The molecule has 13 heteroatoms. The molecule has 0 aliphatic carbocycles. The Morgan fingerprint density at radius 1 is 1.02 bits per heavy atom. The van der Waals surface area contributed by atoms with Crippen molar-refractivity contribution in [2.75, 3.05) is 25.5 Å². The van der Waals surface area contributed by atoms with Gasteiger partial charge in [-0.3, -0.25) is 19.5 Å². The number of hydrogen-bond acceptors (Lipinski definition) is 6. The van der Waals surface area contributed by atoms with Crippen LogP contribution in [0.2, 0.25) is 10.0 Å². The van der Waals surface area contributed by atoms with Gasteiger partial charge >= 0.3 is 12.1 Å². The van der Waals surface area contributed by atoms with Crippen molar-refractivity contribution in [1.29, 1.82) is 0 Å². The lowest BCUT2D eigenvalue weighted by Gasteiger charge is -2.17. The molecule has 0 aliphatic rings. The molecule has 0 bridgehead atoms. The topological polar surface area (TPSA) is 104 Å². The zero-order valence-corrected chi connectivity index (χ0v) is 25.1. The summed E-state index contributed by atoms with van der Waals surface area (Å²) in [6.07, 6.45) is -3.22. The summed E-state index contributed by atoms with van der Waals surface area (Å²) in [5.41, 5.74) is 0.165. The minimum atomic E-state index is -4.71. The van der Waals surface area contributed by atoms with Crippen molar-refractivity contribution in [2.24, 2.45) is 0 Å². The molecule has 0 atom stereocenters. The van der Waals surface area contributed by atoms with Gasteiger partial charge in [-0.1, -0.05) is 41.4 Å². The minimum Gasteiger partial charge on any atom is -0.466 e. The van der Waals surface area contributed by atoms with Crippen LogP contribution >= 0.6 is 23.2 Å². The number of alkyl halides is 3. The molecule has 4 aromatic rings. The van der Waals surface area contributed by atoms with Crippen LogP contribution in [0.3, 0.4) is 0 Å². The molecule has 0 saturated heterocycles. The number of nitrogens with one attached hydrogen (secondary N) is 2. The zero-order chi connectivity index (χ0) is 32.0. The fraction of sp³-hybridized carbons (Fsp3) is 0.226. The van der Waals surface area contributed by atoms with Crippen molar-refractivity contribution >= 4 is 46.5 Å². The standard InChI is InChI=1S/C31H27Cl2F3N4O4/c1-3-44-27(41)11-12-40(2)17-18-5-4-6-20(13-18)30(43)38-26-10-8-21(32)15-22(26)29(42)23-16-37-39-28(23)19-7-9-25(33)24(14-19)31(34,35)36/h4-10,13-16H,3,11-12,17H2,1-2H3,(H,37,39)(H,38,43). The quantitative estimate of drug-likeness (QED) is 0.131. The van der Waals surface area contributed by atoms with E-state index < -0.39 is 28.5 Å². The van der Waals surface area contributed by atoms with Crippen molar-refractivity contribution in [3.8, 4) is 11.3 Å². The van der Waals surface area contributed by atoms with Gasteiger partial charge in [0.05, 0.1) is 34.9 Å². The number of esters is 1. The third-order valence-corrected chi connectivity index (χ3v) is 7.11. The lowest BCUT2D eigenvalue weighted by molar-refractivity contribution is -0.143. The Balaban J connectivity index is 1.56. The second-order valence-corrected chi connectivity index (χ2v) is 10.6. The Kier molecular flexibility index (Phi) is 10.5. The van der Waals surface area contributed by atoms with E-state index in [-0.39, 0.29) is 45.5 Å². The van der Waals surface area contributed by atoms with E-state index in [0.717, 1.165) is 17.7 Å². The van der Waals surface area contributed by atoms with Crippen molar-refractivity contribution < 1.29 is 32.3 Å². The van der Waals surface area contributed by atoms with E-state index in [9.17, 15) is 27.6 Å². The molecule has 2 N–H and O–H groups in total. The van der Waals surface area contributed by atoms with Gasteiger partial charge in [0, 0.05) is 41.0 Å². The summed E-state index contributed by atoms with van der Waals surface area (Å²) in [4.78, 5) is 40.6. The van der Waals surface area contributed by atoms with Crippen molar-refractivity contribution in [3.63, 3.8) is 0 Å². The van der Waals surface area contributed by atoms with E-state index in [1.807, 2.05) is 18.0 Å². The zero-order valence-electron chi connectivity index (χ0n) is 23.6. The number of hydrogen-bond donors (Lipinski definition) is 2. The smallest absolute Gasteiger partial charge is 0.417 e. The van der Waals surface area contributed by atoms with Crippen LogP contribution in [-0.2, 0) is 22.3 Å². The number of rotatable bonds is 11. The van der Waals surface area contributed by atoms with Gasteiger partial charge in [-0.05, 0) is 62.0 Å². The molecule has 4 rings (SSSR count). The average molecular weight is 647 g/mol. The van der Waals surface area contributed by atoms with Gasteiger partial charge in [-0.15, -0.1) is 0 Å². The van der Waals surface area contributed by atoms with Gasteiger partial charge in [-0.25, -0.2) is 0 Å². The molecule has 0 unspecified atom stereocenters. The predicted octanol–water partition coefficient (Wildman–Crippen LogP) is 7.27. The molecule has 0 spiro atoms. The maximum Gasteiger partial charge on any atom is 0.417 e. The molecule has 0 fully saturated rings. The summed E-state index contributed by atoms with van der Waals surface area (Å²) >= 11 is 12.0. The number of aromatic nitrogens is 2. The van der Waals surface area contributed by atoms with Crippen LogP contribution in [0.5, 0.6) is 0 Å².